The van der Waals surface area contributed by atoms with Crippen LogP contribution in [0.2, 0.25) is 0 Å². The van der Waals surface area contributed by atoms with Crippen molar-refractivity contribution >= 4 is 0 Å². The predicted octanol–water partition coefficient (Wildman–Crippen LogP) is 0.707. The molecule has 0 radical (unpaired) electrons. The highest BCUT2D eigenvalue weighted by molar-refractivity contribution is 5.23. The molecule has 1 aromatic rings. The van der Waals surface area contributed by atoms with Gasteiger partial charge in [-0.3, -0.25) is 0 Å². The molecular weight excluding hydrogens is 176 g/mol. The number of hydrogen-bond donors (Lipinski definition) is 1. The fourth-order valence-electron chi connectivity index (χ4n) is 2.99. The van der Waals surface area contributed by atoms with E-state index in [1.165, 1.54) is 6.42 Å². The average Bonchev–Trinajstić information content (AvgIpc) is 2.55. The topological polar surface area (TPSA) is 56.7 Å². The number of rotatable bonds is 1. The van der Waals surface area contributed by atoms with Gasteiger partial charge in [-0.05, 0) is 38.0 Å². The van der Waals surface area contributed by atoms with Gasteiger partial charge in [0.15, 0.2) is 0 Å². The molecular formula is C10H16N4. The van der Waals surface area contributed by atoms with E-state index in [1.54, 1.807) is 4.80 Å². The van der Waals surface area contributed by atoms with Crippen molar-refractivity contribution in [3.8, 4) is 0 Å². The first-order chi connectivity index (χ1) is 6.58. The summed E-state index contributed by atoms with van der Waals surface area (Å²) < 4.78 is 0. The van der Waals surface area contributed by atoms with Crippen LogP contribution in [-0.4, -0.2) is 15.0 Å². The van der Waals surface area contributed by atoms with Crippen LogP contribution in [0.3, 0.4) is 0 Å². The Labute approximate surface area is 83.5 Å². The van der Waals surface area contributed by atoms with Crippen LogP contribution >= 0.6 is 0 Å². The number of nitrogens with zero attached hydrogens (tertiary/aromatic N) is 3. The van der Waals surface area contributed by atoms with E-state index in [-0.39, 0.29) is 5.54 Å². The van der Waals surface area contributed by atoms with Crippen LogP contribution in [0.4, 0.5) is 0 Å². The van der Waals surface area contributed by atoms with Crippen LogP contribution in [0, 0.1) is 18.8 Å². The van der Waals surface area contributed by atoms with E-state index in [1.807, 2.05) is 14.0 Å². The van der Waals surface area contributed by atoms with Crippen molar-refractivity contribution in [1.29, 1.82) is 0 Å². The molecule has 1 heterocycles. The van der Waals surface area contributed by atoms with Gasteiger partial charge in [-0.15, -0.1) is 0 Å². The SMILES string of the molecule is Cc1nn(C)nc1C1(N)CC2CC2C1. The van der Waals surface area contributed by atoms with Gasteiger partial charge in [0.2, 0.25) is 0 Å². The lowest BCUT2D eigenvalue weighted by Crippen LogP contribution is -2.36. The lowest BCUT2D eigenvalue weighted by atomic mass is 9.90. The average molecular weight is 192 g/mol. The molecule has 2 saturated carbocycles. The van der Waals surface area contributed by atoms with E-state index >= 15 is 0 Å². The number of hydrogen-bond acceptors (Lipinski definition) is 3. The van der Waals surface area contributed by atoms with Crippen LogP contribution < -0.4 is 5.73 Å². The third-order valence-electron chi connectivity index (χ3n) is 3.68. The molecule has 0 saturated heterocycles. The molecule has 0 aliphatic heterocycles. The Kier molecular flexibility index (Phi) is 1.42. The molecule has 0 aromatic carbocycles. The van der Waals surface area contributed by atoms with Crippen LogP contribution in [0.5, 0.6) is 0 Å². The fraction of sp³-hybridized carbons (Fsp3) is 0.800. The van der Waals surface area contributed by atoms with Crippen LogP contribution in [0.1, 0.15) is 30.7 Å². The Balaban J connectivity index is 1.97. The maximum absolute atomic E-state index is 6.40. The zero-order valence-corrected chi connectivity index (χ0v) is 8.70. The van der Waals surface area contributed by atoms with Crippen molar-refractivity contribution in [2.75, 3.05) is 0 Å². The second-order valence-corrected chi connectivity index (χ2v) is 4.94. The molecule has 2 aliphatic rings. The van der Waals surface area contributed by atoms with E-state index in [0.29, 0.717) is 0 Å². The Hall–Kier alpha value is -0.900. The Morgan fingerprint density at radius 2 is 2.00 bits per heavy atom. The van der Waals surface area contributed by atoms with Gasteiger partial charge in [0, 0.05) is 7.05 Å². The molecule has 2 fully saturated rings. The maximum Gasteiger partial charge on any atom is 0.105 e. The third-order valence-corrected chi connectivity index (χ3v) is 3.68. The van der Waals surface area contributed by atoms with Crippen LogP contribution in [0.25, 0.3) is 0 Å². The van der Waals surface area contributed by atoms with Crippen molar-refractivity contribution in [1.82, 2.24) is 15.0 Å². The van der Waals surface area contributed by atoms with Crippen LogP contribution in [0.15, 0.2) is 0 Å². The smallest absolute Gasteiger partial charge is 0.105 e. The summed E-state index contributed by atoms with van der Waals surface area (Å²) in [5, 5.41) is 8.67. The standard InChI is InChI=1S/C10H16N4/c1-6-9(13-14(2)12-6)10(11)4-7-3-8(7)5-10/h7-8H,3-5,11H2,1-2H3. The molecule has 0 bridgehead atoms. The molecule has 4 heteroatoms. The summed E-state index contributed by atoms with van der Waals surface area (Å²) in [5.41, 5.74) is 8.24. The van der Waals surface area contributed by atoms with Crippen molar-refractivity contribution in [3.63, 3.8) is 0 Å². The van der Waals surface area contributed by atoms with Gasteiger partial charge in [0.1, 0.15) is 5.69 Å². The second kappa shape index (κ2) is 2.37. The first-order valence-electron chi connectivity index (χ1n) is 5.26. The largest absolute Gasteiger partial charge is 0.320 e. The summed E-state index contributed by atoms with van der Waals surface area (Å²) in [6.45, 7) is 2.00. The number of nitrogens with two attached hydrogens (primary N) is 1. The van der Waals surface area contributed by atoms with E-state index in [2.05, 4.69) is 10.2 Å². The molecule has 3 rings (SSSR count). The Bertz CT molecular complexity index is 371. The first-order valence-corrected chi connectivity index (χ1v) is 5.26. The van der Waals surface area contributed by atoms with E-state index in [4.69, 9.17) is 5.73 Å². The molecule has 76 valence electrons. The number of aryl methyl sites for hydroxylation is 2. The highest BCUT2D eigenvalue weighted by Gasteiger charge is 2.54. The summed E-state index contributed by atoms with van der Waals surface area (Å²) in [7, 11) is 1.86. The molecule has 4 nitrogen and oxygen atoms in total. The maximum atomic E-state index is 6.40. The number of aromatic nitrogens is 3. The third kappa shape index (κ3) is 1.03. The number of fused-ring (bicyclic) bond motifs is 1. The highest BCUT2D eigenvalue weighted by Crippen LogP contribution is 2.58. The molecule has 1 aromatic heterocycles. The normalized spacial score (nSPS) is 39.9. The molecule has 14 heavy (non-hydrogen) atoms. The molecule has 2 atom stereocenters. The summed E-state index contributed by atoms with van der Waals surface area (Å²) in [6.07, 6.45) is 3.60. The Morgan fingerprint density at radius 3 is 2.50 bits per heavy atom. The van der Waals surface area contributed by atoms with Gasteiger partial charge in [-0.25, -0.2) is 0 Å². The minimum atomic E-state index is -0.175. The minimum absolute atomic E-state index is 0.175. The monoisotopic (exact) mass is 192 g/mol. The molecule has 2 unspecified atom stereocenters. The Morgan fingerprint density at radius 1 is 1.36 bits per heavy atom. The predicted molar refractivity (Wildman–Crippen MR) is 52.4 cm³/mol. The van der Waals surface area contributed by atoms with E-state index in [9.17, 15) is 0 Å². The van der Waals surface area contributed by atoms with E-state index < -0.39 is 0 Å². The molecule has 2 N–H and O–H groups in total. The van der Waals surface area contributed by atoms with Gasteiger partial charge in [0.25, 0.3) is 0 Å². The quantitative estimate of drug-likeness (QED) is 0.713. The fourth-order valence-corrected chi connectivity index (χ4v) is 2.99. The summed E-state index contributed by atoms with van der Waals surface area (Å²) in [5.74, 6) is 1.75. The van der Waals surface area contributed by atoms with E-state index in [0.717, 1.165) is 36.1 Å². The second-order valence-electron chi connectivity index (χ2n) is 4.94. The summed E-state index contributed by atoms with van der Waals surface area (Å²) >= 11 is 0. The summed E-state index contributed by atoms with van der Waals surface area (Å²) in [4.78, 5) is 1.63. The molecule has 2 aliphatic carbocycles. The van der Waals surface area contributed by atoms with Gasteiger partial charge < -0.3 is 5.73 Å². The molecule has 0 spiro atoms. The van der Waals surface area contributed by atoms with Crippen molar-refractivity contribution < 1.29 is 0 Å². The minimum Gasteiger partial charge on any atom is -0.320 e. The lowest BCUT2D eigenvalue weighted by molar-refractivity contribution is 0.393. The zero-order valence-electron chi connectivity index (χ0n) is 8.70. The van der Waals surface area contributed by atoms with Gasteiger partial charge >= 0.3 is 0 Å². The summed E-state index contributed by atoms with van der Waals surface area (Å²) in [6, 6.07) is 0. The zero-order chi connectivity index (χ0) is 9.92. The van der Waals surface area contributed by atoms with Gasteiger partial charge in [-0.2, -0.15) is 15.0 Å². The lowest BCUT2D eigenvalue weighted by Gasteiger charge is -2.23. The van der Waals surface area contributed by atoms with Gasteiger partial charge in [0.05, 0.1) is 11.2 Å². The van der Waals surface area contributed by atoms with Crippen molar-refractivity contribution in [2.45, 2.75) is 31.7 Å². The van der Waals surface area contributed by atoms with Crippen LogP contribution in [-0.2, 0) is 12.6 Å². The first kappa shape index (κ1) is 8.41. The van der Waals surface area contributed by atoms with Gasteiger partial charge in [-0.1, -0.05) is 0 Å². The molecule has 0 amide bonds. The van der Waals surface area contributed by atoms with Crippen molar-refractivity contribution in [2.24, 2.45) is 24.6 Å². The highest BCUT2D eigenvalue weighted by atomic mass is 15.5. The van der Waals surface area contributed by atoms with Crippen molar-refractivity contribution in [3.05, 3.63) is 11.4 Å².